The van der Waals surface area contributed by atoms with Crippen LogP contribution in [0.5, 0.6) is 0 Å². The molecule has 0 unspecified atom stereocenters. The molecule has 0 N–H and O–H groups in total. The topological polar surface area (TPSA) is 62.6 Å². The number of hydrogen-bond donors (Lipinski definition) is 0. The van der Waals surface area contributed by atoms with Crippen LogP contribution in [0, 0.1) is 0 Å². The number of halogens is 3. The summed E-state index contributed by atoms with van der Waals surface area (Å²) in [6.45, 7) is 4.52. The first-order chi connectivity index (χ1) is 12.6. The Morgan fingerprint density at radius 2 is 1.70 bits per heavy atom. The Hall–Kier alpha value is -1.91. The smallest absolute Gasteiger partial charge is 0.311 e. The molecular formula is C17H20F3N3O3S. The van der Waals surface area contributed by atoms with Gasteiger partial charge in [0.1, 0.15) is 0 Å². The predicted octanol–water partition coefficient (Wildman–Crippen LogP) is 1.88. The van der Waals surface area contributed by atoms with E-state index in [4.69, 9.17) is 0 Å². The molecule has 0 radical (unpaired) electrons. The van der Waals surface area contributed by atoms with Gasteiger partial charge in [0.05, 0.1) is 16.0 Å². The van der Waals surface area contributed by atoms with Crippen LogP contribution in [0.2, 0.25) is 0 Å². The van der Waals surface area contributed by atoms with E-state index in [9.17, 15) is 26.4 Å². The second kappa shape index (κ2) is 6.92. The van der Waals surface area contributed by atoms with E-state index >= 15 is 0 Å². The van der Waals surface area contributed by atoms with Crippen molar-refractivity contribution in [2.45, 2.75) is 18.0 Å². The van der Waals surface area contributed by atoms with Gasteiger partial charge in [-0.1, -0.05) is 6.92 Å². The molecule has 1 aromatic carbocycles. The lowest BCUT2D eigenvalue weighted by atomic mass is 10.1. The van der Waals surface area contributed by atoms with Crippen LogP contribution in [0.3, 0.4) is 0 Å². The first-order valence-corrected chi connectivity index (χ1v) is 9.93. The van der Waals surface area contributed by atoms with E-state index in [0.717, 1.165) is 17.2 Å². The quantitative estimate of drug-likeness (QED) is 0.785. The molecule has 3 rings (SSSR count). The molecule has 27 heavy (non-hydrogen) atoms. The summed E-state index contributed by atoms with van der Waals surface area (Å²) in [5, 5.41) is -0.308. The van der Waals surface area contributed by atoms with Crippen LogP contribution in [0.4, 0.5) is 13.2 Å². The molecule has 2 heterocycles. The normalized spacial score (nSPS) is 17.5. The molecule has 0 aliphatic carbocycles. The minimum Gasteiger partial charge on any atom is -0.311 e. The third-order valence-electron chi connectivity index (χ3n) is 4.94. The highest BCUT2D eigenvalue weighted by Crippen LogP contribution is 2.35. The molecule has 2 aromatic rings. The van der Waals surface area contributed by atoms with Crippen molar-refractivity contribution in [3.8, 4) is 0 Å². The van der Waals surface area contributed by atoms with Crippen molar-refractivity contribution in [2.24, 2.45) is 7.05 Å². The van der Waals surface area contributed by atoms with E-state index in [1.54, 1.807) is 0 Å². The van der Waals surface area contributed by atoms with Crippen LogP contribution < -0.4 is 5.56 Å². The van der Waals surface area contributed by atoms with E-state index in [1.807, 2.05) is 6.92 Å². The standard InChI is InChI=1S/C17H20F3N3O3S/c1-3-22-6-8-23(9-7-22)27(25,26)12-4-5-15-13(10-12)14(17(18,19)20)11-16(24)21(15)2/h4-5,10-11H,3,6-9H2,1-2H3. The van der Waals surface area contributed by atoms with Crippen molar-refractivity contribution in [3.63, 3.8) is 0 Å². The number of aromatic nitrogens is 1. The first-order valence-electron chi connectivity index (χ1n) is 8.49. The van der Waals surface area contributed by atoms with Gasteiger partial charge in [0.25, 0.3) is 5.56 Å². The maximum Gasteiger partial charge on any atom is 0.417 e. The van der Waals surface area contributed by atoms with Crippen LogP contribution in [0.15, 0.2) is 34.0 Å². The van der Waals surface area contributed by atoms with E-state index < -0.39 is 27.3 Å². The highest BCUT2D eigenvalue weighted by Gasteiger charge is 2.35. The van der Waals surface area contributed by atoms with Crippen LogP contribution in [-0.2, 0) is 23.2 Å². The highest BCUT2D eigenvalue weighted by atomic mass is 32.2. The Kier molecular flexibility index (Phi) is 5.08. The fourth-order valence-electron chi connectivity index (χ4n) is 3.27. The lowest BCUT2D eigenvalue weighted by Crippen LogP contribution is -2.48. The van der Waals surface area contributed by atoms with E-state index in [2.05, 4.69) is 4.90 Å². The summed E-state index contributed by atoms with van der Waals surface area (Å²) in [6, 6.07) is 4.02. The highest BCUT2D eigenvalue weighted by molar-refractivity contribution is 7.89. The van der Waals surface area contributed by atoms with Crippen molar-refractivity contribution in [1.29, 1.82) is 0 Å². The summed E-state index contributed by atoms with van der Waals surface area (Å²) in [4.78, 5) is 13.7. The number of pyridine rings is 1. The molecule has 1 aliphatic rings. The molecule has 0 saturated carbocycles. The van der Waals surface area contributed by atoms with Crippen LogP contribution in [0.25, 0.3) is 10.9 Å². The van der Waals surface area contributed by atoms with E-state index in [0.29, 0.717) is 19.2 Å². The molecule has 6 nitrogen and oxygen atoms in total. The zero-order valence-electron chi connectivity index (χ0n) is 15.0. The summed E-state index contributed by atoms with van der Waals surface area (Å²) in [5.41, 5.74) is -1.90. The van der Waals surface area contributed by atoms with Crippen molar-refractivity contribution in [2.75, 3.05) is 32.7 Å². The summed E-state index contributed by atoms with van der Waals surface area (Å²) < 4.78 is 68.3. The van der Waals surface area contributed by atoms with Gasteiger partial charge in [-0.25, -0.2) is 8.42 Å². The average molecular weight is 403 g/mol. The Morgan fingerprint density at radius 3 is 2.26 bits per heavy atom. The van der Waals surface area contributed by atoms with E-state index in [1.165, 1.54) is 23.5 Å². The Balaban J connectivity index is 2.11. The molecule has 10 heteroatoms. The summed E-state index contributed by atoms with van der Waals surface area (Å²) >= 11 is 0. The number of nitrogens with zero attached hydrogens (tertiary/aromatic N) is 3. The molecule has 148 valence electrons. The predicted molar refractivity (Wildman–Crippen MR) is 95.1 cm³/mol. The maximum absolute atomic E-state index is 13.4. The fraction of sp³-hybridized carbons (Fsp3) is 0.471. The van der Waals surface area contributed by atoms with Crippen molar-refractivity contribution < 1.29 is 21.6 Å². The number of piperazine rings is 1. The molecule has 0 amide bonds. The second-order valence-electron chi connectivity index (χ2n) is 6.47. The SMILES string of the molecule is CCN1CCN(S(=O)(=O)c2ccc3c(c2)c(C(F)(F)F)cc(=O)n3C)CC1. The summed E-state index contributed by atoms with van der Waals surface area (Å²) in [7, 11) is -2.57. The zero-order chi connectivity index (χ0) is 20.0. The van der Waals surface area contributed by atoms with Gasteiger partial charge in [0.2, 0.25) is 10.0 Å². The maximum atomic E-state index is 13.4. The Labute approximate surface area is 154 Å². The molecule has 1 aliphatic heterocycles. The minimum atomic E-state index is -4.76. The third kappa shape index (κ3) is 3.61. The molecule has 1 aromatic heterocycles. The molecule has 0 spiro atoms. The molecular weight excluding hydrogens is 383 g/mol. The number of alkyl halides is 3. The molecule has 1 saturated heterocycles. The summed E-state index contributed by atoms with van der Waals surface area (Å²) in [6.07, 6.45) is -4.76. The van der Waals surface area contributed by atoms with Gasteiger partial charge >= 0.3 is 6.18 Å². The minimum absolute atomic E-state index is 0.0320. The lowest BCUT2D eigenvalue weighted by molar-refractivity contribution is -0.136. The van der Waals surface area contributed by atoms with Gasteiger partial charge in [0, 0.05) is 44.7 Å². The second-order valence-corrected chi connectivity index (χ2v) is 8.41. The third-order valence-corrected chi connectivity index (χ3v) is 6.83. The van der Waals surface area contributed by atoms with Crippen LogP contribution in [0.1, 0.15) is 12.5 Å². The Bertz CT molecular complexity index is 1020. The van der Waals surface area contributed by atoms with Crippen molar-refractivity contribution in [3.05, 3.63) is 40.2 Å². The first kappa shape index (κ1) is 19.8. The average Bonchev–Trinajstić information content (AvgIpc) is 2.63. The monoisotopic (exact) mass is 403 g/mol. The Morgan fingerprint density at radius 1 is 1.07 bits per heavy atom. The van der Waals surface area contributed by atoms with Gasteiger partial charge in [-0.3, -0.25) is 4.79 Å². The summed E-state index contributed by atoms with van der Waals surface area (Å²) in [5.74, 6) is 0. The number of sulfonamides is 1. The number of aryl methyl sites for hydroxylation is 1. The van der Waals surface area contributed by atoms with E-state index in [-0.39, 0.29) is 28.9 Å². The number of benzene rings is 1. The zero-order valence-corrected chi connectivity index (χ0v) is 15.8. The van der Waals surface area contributed by atoms with Gasteiger partial charge in [-0.15, -0.1) is 0 Å². The van der Waals surface area contributed by atoms with Gasteiger partial charge < -0.3 is 9.47 Å². The number of fused-ring (bicyclic) bond motifs is 1. The molecule has 0 bridgehead atoms. The van der Waals surface area contributed by atoms with Crippen LogP contribution >= 0.6 is 0 Å². The molecule has 0 atom stereocenters. The van der Waals surface area contributed by atoms with Gasteiger partial charge in [-0.05, 0) is 24.7 Å². The van der Waals surface area contributed by atoms with Crippen molar-refractivity contribution >= 4 is 20.9 Å². The lowest BCUT2D eigenvalue weighted by Gasteiger charge is -2.33. The van der Waals surface area contributed by atoms with Crippen LogP contribution in [-0.4, -0.2) is 54.9 Å². The van der Waals surface area contributed by atoms with Gasteiger partial charge in [0.15, 0.2) is 0 Å². The number of likely N-dealkylation sites (N-methyl/N-ethyl adjacent to an activating group) is 1. The fourth-order valence-corrected chi connectivity index (χ4v) is 4.72. The number of rotatable bonds is 3. The molecule has 1 fully saturated rings. The van der Waals surface area contributed by atoms with Crippen molar-refractivity contribution in [1.82, 2.24) is 13.8 Å². The number of hydrogen-bond acceptors (Lipinski definition) is 4. The largest absolute Gasteiger partial charge is 0.417 e. The van der Waals surface area contributed by atoms with Gasteiger partial charge in [-0.2, -0.15) is 17.5 Å².